The number of carbonyl (C=O) groups is 1. The van der Waals surface area contributed by atoms with E-state index in [1.807, 2.05) is 0 Å². The fourth-order valence-electron chi connectivity index (χ4n) is 6.39. The quantitative estimate of drug-likeness (QED) is 0.315. The molecular formula is C32H37FN6O3. The number of nitrogens with one attached hydrogen (secondary N) is 1. The first-order chi connectivity index (χ1) is 20.3. The van der Waals surface area contributed by atoms with Gasteiger partial charge in [0.15, 0.2) is 5.82 Å². The van der Waals surface area contributed by atoms with Crippen LogP contribution in [0.2, 0.25) is 0 Å². The van der Waals surface area contributed by atoms with Gasteiger partial charge in [0.1, 0.15) is 11.4 Å². The zero-order valence-corrected chi connectivity index (χ0v) is 24.3. The standard InChI is InChI=1S/C32H37FN6O3/c1-19-16-24(29(33)30(35-19)25-18-34-13-10-28(25)42-3)31(41)37-32-36-26-17-21(20-11-14-38(2)15-12-20)4-9-27(26)39(32)22-5-7-23(40)8-6-22/h4,9-10,13,16-18,20,22-23,40H,5-8,11-12,14-15H2,1-3H3,(H,36,37,41). The Hall–Kier alpha value is -3.89. The number of aliphatic hydroxyl groups excluding tert-OH is 1. The van der Waals surface area contributed by atoms with E-state index in [9.17, 15) is 9.90 Å². The molecule has 1 amide bonds. The van der Waals surface area contributed by atoms with Crippen molar-refractivity contribution in [2.24, 2.45) is 0 Å². The van der Waals surface area contributed by atoms with E-state index in [0.717, 1.165) is 49.8 Å². The lowest BCUT2D eigenvalue weighted by Crippen LogP contribution is -2.29. The summed E-state index contributed by atoms with van der Waals surface area (Å²) in [5.74, 6) is -0.0980. The van der Waals surface area contributed by atoms with Gasteiger partial charge in [0, 0.05) is 24.1 Å². The van der Waals surface area contributed by atoms with Crippen molar-refractivity contribution in [2.75, 3.05) is 32.6 Å². The molecule has 3 aromatic heterocycles. The van der Waals surface area contributed by atoms with Gasteiger partial charge in [0.05, 0.1) is 35.4 Å². The van der Waals surface area contributed by atoms with E-state index in [0.29, 0.717) is 41.7 Å². The van der Waals surface area contributed by atoms with Gasteiger partial charge in [0.25, 0.3) is 5.91 Å². The summed E-state index contributed by atoms with van der Waals surface area (Å²) >= 11 is 0. The number of aromatic nitrogens is 4. The Morgan fingerprint density at radius 1 is 1.07 bits per heavy atom. The van der Waals surface area contributed by atoms with Crippen LogP contribution < -0.4 is 10.1 Å². The first-order valence-corrected chi connectivity index (χ1v) is 14.7. The molecule has 0 bridgehead atoms. The summed E-state index contributed by atoms with van der Waals surface area (Å²) in [4.78, 5) is 29.4. The molecular weight excluding hydrogens is 535 g/mol. The summed E-state index contributed by atoms with van der Waals surface area (Å²) < 4.78 is 23.4. The third kappa shape index (κ3) is 5.48. The molecule has 220 valence electrons. The third-order valence-electron chi connectivity index (χ3n) is 8.75. The average Bonchev–Trinajstić information content (AvgIpc) is 3.35. The minimum Gasteiger partial charge on any atom is -0.496 e. The Balaban J connectivity index is 1.38. The number of methoxy groups -OCH3 is 1. The van der Waals surface area contributed by atoms with E-state index in [-0.39, 0.29) is 23.4 Å². The number of piperidine rings is 1. The number of hydrogen-bond donors (Lipinski definition) is 2. The number of aliphatic hydroxyl groups is 1. The van der Waals surface area contributed by atoms with Crippen molar-refractivity contribution in [3.63, 3.8) is 0 Å². The maximum absolute atomic E-state index is 15.9. The van der Waals surface area contributed by atoms with Crippen LogP contribution in [-0.2, 0) is 0 Å². The molecule has 4 heterocycles. The number of carbonyl (C=O) groups excluding carboxylic acids is 1. The minimum absolute atomic E-state index is 0.00244. The highest BCUT2D eigenvalue weighted by atomic mass is 19.1. The number of aryl methyl sites for hydroxylation is 1. The lowest BCUT2D eigenvalue weighted by molar-refractivity contribution is 0.101. The molecule has 2 aliphatic rings. The molecule has 4 aromatic rings. The van der Waals surface area contributed by atoms with Crippen LogP contribution >= 0.6 is 0 Å². The molecule has 9 nitrogen and oxygen atoms in total. The number of hydrogen-bond acceptors (Lipinski definition) is 7. The molecule has 1 saturated heterocycles. The number of ether oxygens (including phenoxy) is 1. The van der Waals surface area contributed by atoms with Crippen LogP contribution in [-0.4, -0.2) is 68.8 Å². The second-order valence-corrected chi connectivity index (χ2v) is 11.6. The van der Waals surface area contributed by atoms with Crippen molar-refractivity contribution >= 4 is 22.9 Å². The van der Waals surface area contributed by atoms with E-state index in [1.54, 1.807) is 19.2 Å². The first-order valence-electron chi connectivity index (χ1n) is 14.7. The topological polar surface area (TPSA) is 105 Å². The van der Waals surface area contributed by atoms with Gasteiger partial charge in [-0.1, -0.05) is 6.07 Å². The predicted octanol–water partition coefficient (Wildman–Crippen LogP) is 5.49. The molecule has 10 heteroatoms. The highest BCUT2D eigenvalue weighted by Crippen LogP contribution is 2.37. The lowest BCUT2D eigenvalue weighted by atomic mass is 9.89. The predicted molar refractivity (Wildman–Crippen MR) is 159 cm³/mol. The minimum atomic E-state index is -0.752. The van der Waals surface area contributed by atoms with Gasteiger partial charge in [-0.3, -0.25) is 15.1 Å². The summed E-state index contributed by atoms with van der Waals surface area (Å²) in [6.45, 7) is 3.84. The Morgan fingerprint density at radius 2 is 1.83 bits per heavy atom. The van der Waals surface area contributed by atoms with E-state index in [1.165, 1.54) is 24.9 Å². The molecule has 1 aliphatic carbocycles. The number of amides is 1. The Bertz CT molecular complexity index is 1610. The van der Waals surface area contributed by atoms with Crippen molar-refractivity contribution in [2.45, 2.75) is 63.5 Å². The highest BCUT2D eigenvalue weighted by Gasteiger charge is 2.28. The van der Waals surface area contributed by atoms with E-state index in [2.05, 4.69) is 50.0 Å². The van der Waals surface area contributed by atoms with Crippen LogP contribution in [0.3, 0.4) is 0 Å². The van der Waals surface area contributed by atoms with Gasteiger partial charge in [-0.25, -0.2) is 14.4 Å². The fraction of sp³-hybridized carbons (Fsp3) is 0.438. The van der Waals surface area contributed by atoms with Crippen LogP contribution in [0.25, 0.3) is 22.3 Å². The number of rotatable bonds is 6. The van der Waals surface area contributed by atoms with Gasteiger partial charge < -0.3 is 19.3 Å². The van der Waals surface area contributed by atoms with Gasteiger partial charge >= 0.3 is 0 Å². The Kier molecular flexibility index (Phi) is 7.92. The molecule has 42 heavy (non-hydrogen) atoms. The van der Waals surface area contributed by atoms with E-state index in [4.69, 9.17) is 9.72 Å². The van der Waals surface area contributed by atoms with Crippen LogP contribution in [0.4, 0.5) is 10.3 Å². The van der Waals surface area contributed by atoms with Crippen LogP contribution in [0, 0.1) is 12.7 Å². The molecule has 2 N–H and O–H groups in total. The van der Waals surface area contributed by atoms with Gasteiger partial charge in [-0.05, 0) is 101 Å². The average molecular weight is 573 g/mol. The van der Waals surface area contributed by atoms with Gasteiger partial charge in [-0.2, -0.15) is 0 Å². The van der Waals surface area contributed by atoms with Crippen LogP contribution in [0.5, 0.6) is 5.75 Å². The maximum Gasteiger partial charge on any atom is 0.261 e. The van der Waals surface area contributed by atoms with Crippen molar-refractivity contribution in [1.82, 2.24) is 24.4 Å². The molecule has 0 spiro atoms. The highest BCUT2D eigenvalue weighted by molar-refractivity contribution is 6.05. The molecule has 1 aliphatic heterocycles. The summed E-state index contributed by atoms with van der Waals surface area (Å²) in [5, 5.41) is 13.1. The second kappa shape index (κ2) is 11.8. The number of imidazole rings is 1. The zero-order chi connectivity index (χ0) is 29.4. The van der Waals surface area contributed by atoms with E-state index >= 15 is 4.39 Å². The summed E-state index contributed by atoms with van der Waals surface area (Å²) in [5.41, 5.74) is 3.71. The largest absolute Gasteiger partial charge is 0.496 e. The fourth-order valence-corrected chi connectivity index (χ4v) is 6.39. The summed E-state index contributed by atoms with van der Waals surface area (Å²) in [6.07, 6.45) is 7.79. The third-order valence-corrected chi connectivity index (χ3v) is 8.75. The number of nitrogens with zero attached hydrogens (tertiary/aromatic N) is 5. The smallest absolute Gasteiger partial charge is 0.261 e. The lowest BCUT2D eigenvalue weighted by Gasteiger charge is -2.29. The molecule has 1 aromatic carbocycles. The number of fused-ring (bicyclic) bond motifs is 1. The van der Waals surface area contributed by atoms with Gasteiger partial charge in [0.2, 0.25) is 5.95 Å². The van der Waals surface area contributed by atoms with E-state index < -0.39 is 11.7 Å². The Labute approximate surface area is 244 Å². The molecule has 1 saturated carbocycles. The monoisotopic (exact) mass is 572 g/mol. The molecule has 0 atom stereocenters. The summed E-state index contributed by atoms with van der Waals surface area (Å²) in [6, 6.07) is 9.54. The SMILES string of the molecule is COc1ccncc1-c1nc(C)cc(C(=O)Nc2nc3cc(C4CCN(C)CC4)ccc3n2C2CCC(O)CC2)c1F. The van der Waals surface area contributed by atoms with Crippen LogP contribution in [0.1, 0.15) is 72.1 Å². The Morgan fingerprint density at radius 3 is 2.57 bits per heavy atom. The number of pyridine rings is 2. The van der Waals surface area contributed by atoms with Crippen molar-refractivity contribution in [3.8, 4) is 17.0 Å². The normalized spacial score (nSPS) is 20.1. The van der Waals surface area contributed by atoms with Crippen molar-refractivity contribution in [1.29, 1.82) is 0 Å². The van der Waals surface area contributed by atoms with Gasteiger partial charge in [-0.15, -0.1) is 0 Å². The van der Waals surface area contributed by atoms with Crippen molar-refractivity contribution < 1.29 is 19.0 Å². The number of halogens is 1. The molecule has 0 radical (unpaired) electrons. The number of benzene rings is 1. The number of likely N-dealkylation sites (tertiary alicyclic amines) is 1. The molecule has 6 rings (SSSR count). The molecule has 0 unspecified atom stereocenters. The zero-order valence-electron chi connectivity index (χ0n) is 24.3. The maximum atomic E-state index is 15.9. The second-order valence-electron chi connectivity index (χ2n) is 11.6. The molecule has 2 fully saturated rings. The van der Waals surface area contributed by atoms with Crippen LogP contribution in [0.15, 0.2) is 42.7 Å². The first kappa shape index (κ1) is 28.2. The number of anilines is 1. The summed E-state index contributed by atoms with van der Waals surface area (Å²) in [7, 11) is 3.65. The van der Waals surface area contributed by atoms with Crippen molar-refractivity contribution in [3.05, 3.63) is 65.4 Å².